The Balaban J connectivity index is 1.91. The van der Waals surface area contributed by atoms with E-state index < -0.39 is 0 Å². The number of hydrogen-bond donors (Lipinski definition) is 1. The average molecular weight is 323 g/mol. The van der Waals surface area contributed by atoms with Gasteiger partial charge in [0, 0.05) is 24.2 Å². The molecule has 1 N–H and O–H groups in total. The van der Waals surface area contributed by atoms with E-state index in [0.717, 1.165) is 43.1 Å². The number of hydrogen-bond acceptors (Lipinski definition) is 2. The number of carbonyl (C=O) groups is 1. The van der Waals surface area contributed by atoms with E-state index in [1.165, 1.54) is 0 Å². The molecule has 0 spiro atoms. The molecule has 1 fully saturated rings. The summed E-state index contributed by atoms with van der Waals surface area (Å²) in [6.07, 6.45) is 2.05. The molecule has 2 rings (SSSR count). The summed E-state index contributed by atoms with van der Waals surface area (Å²) in [5.74, 6) is 0.759. The number of rotatable bonds is 5. The van der Waals surface area contributed by atoms with Crippen molar-refractivity contribution < 1.29 is 4.79 Å². The van der Waals surface area contributed by atoms with Crippen LogP contribution in [0, 0.1) is 11.8 Å². The van der Waals surface area contributed by atoms with Crippen LogP contribution in [0.25, 0.3) is 0 Å². The number of nitrogens with one attached hydrogen (secondary N) is 1. The molecule has 22 heavy (non-hydrogen) atoms. The molecule has 0 bridgehead atoms. The minimum absolute atomic E-state index is 0.0948. The first-order chi connectivity index (χ1) is 10.5. The number of carbonyl (C=O) groups excluding carboxylic acids is 1. The SMILES string of the molecule is CC(C)[C@H](C)NC(=O)[C@@H]1CCCN(Cc2ccccc2Cl)C1. The highest BCUT2D eigenvalue weighted by atomic mass is 35.5. The van der Waals surface area contributed by atoms with Crippen LogP contribution < -0.4 is 5.32 Å². The lowest BCUT2D eigenvalue weighted by atomic mass is 9.95. The van der Waals surface area contributed by atoms with Crippen molar-refractivity contribution in [3.63, 3.8) is 0 Å². The third kappa shape index (κ3) is 4.72. The van der Waals surface area contributed by atoms with Gasteiger partial charge in [0.1, 0.15) is 0 Å². The number of nitrogens with zero attached hydrogens (tertiary/aromatic N) is 1. The molecule has 0 saturated carbocycles. The Labute approximate surface area is 139 Å². The van der Waals surface area contributed by atoms with Gasteiger partial charge in [-0.3, -0.25) is 9.69 Å². The minimum atomic E-state index is 0.0948. The van der Waals surface area contributed by atoms with Crippen molar-refractivity contribution in [3.05, 3.63) is 34.9 Å². The lowest BCUT2D eigenvalue weighted by molar-refractivity contribution is -0.127. The Morgan fingerprint density at radius 3 is 2.77 bits per heavy atom. The summed E-state index contributed by atoms with van der Waals surface area (Å²) in [4.78, 5) is 14.8. The molecule has 4 heteroatoms. The monoisotopic (exact) mass is 322 g/mol. The lowest BCUT2D eigenvalue weighted by Crippen LogP contribution is -2.46. The molecule has 1 saturated heterocycles. The van der Waals surface area contributed by atoms with Crippen molar-refractivity contribution in [3.8, 4) is 0 Å². The van der Waals surface area contributed by atoms with Crippen LogP contribution in [0.2, 0.25) is 5.02 Å². The molecule has 1 amide bonds. The fraction of sp³-hybridized carbons (Fsp3) is 0.611. The predicted molar refractivity (Wildman–Crippen MR) is 91.9 cm³/mol. The predicted octanol–water partition coefficient (Wildman–Crippen LogP) is 3.71. The highest BCUT2D eigenvalue weighted by Gasteiger charge is 2.27. The van der Waals surface area contributed by atoms with Crippen molar-refractivity contribution in [2.24, 2.45) is 11.8 Å². The van der Waals surface area contributed by atoms with Gasteiger partial charge in [0.25, 0.3) is 0 Å². The van der Waals surface area contributed by atoms with Crippen molar-refractivity contribution in [1.29, 1.82) is 0 Å². The Hall–Kier alpha value is -1.06. The zero-order chi connectivity index (χ0) is 16.1. The van der Waals surface area contributed by atoms with Gasteiger partial charge >= 0.3 is 0 Å². The first-order valence-corrected chi connectivity index (χ1v) is 8.61. The van der Waals surface area contributed by atoms with E-state index in [2.05, 4.69) is 37.1 Å². The Kier molecular flexibility index (Phi) is 6.27. The summed E-state index contributed by atoms with van der Waals surface area (Å²) < 4.78 is 0. The zero-order valence-electron chi connectivity index (χ0n) is 13.8. The number of amides is 1. The zero-order valence-corrected chi connectivity index (χ0v) is 14.6. The molecule has 0 unspecified atom stereocenters. The molecular formula is C18H27ClN2O. The maximum atomic E-state index is 12.4. The minimum Gasteiger partial charge on any atom is -0.353 e. The van der Waals surface area contributed by atoms with E-state index in [9.17, 15) is 4.79 Å². The summed E-state index contributed by atoms with van der Waals surface area (Å²) in [5, 5.41) is 3.96. The van der Waals surface area contributed by atoms with E-state index in [4.69, 9.17) is 11.6 Å². The highest BCUT2D eigenvalue weighted by Crippen LogP contribution is 2.22. The maximum Gasteiger partial charge on any atom is 0.224 e. The van der Waals surface area contributed by atoms with Crippen LogP contribution in [0.5, 0.6) is 0 Å². The second-order valence-electron chi connectivity index (χ2n) is 6.71. The first-order valence-electron chi connectivity index (χ1n) is 8.23. The van der Waals surface area contributed by atoms with Gasteiger partial charge in [0.15, 0.2) is 0 Å². The molecule has 0 aliphatic carbocycles. The second kappa shape index (κ2) is 7.98. The number of likely N-dealkylation sites (tertiary alicyclic amines) is 1. The van der Waals surface area contributed by atoms with E-state index in [0.29, 0.717) is 5.92 Å². The fourth-order valence-electron chi connectivity index (χ4n) is 2.79. The van der Waals surface area contributed by atoms with Crippen molar-refractivity contribution >= 4 is 17.5 Å². The van der Waals surface area contributed by atoms with Crippen LogP contribution in [-0.2, 0) is 11.3 Å². The van der Waals surface area contributed by atoms with Crippen LogP contribution in [0.3, 0.4) is 0 Å². The number of benzene rings is 1. The third-order valence-electron chi connectivity index (χ3n) is 4.60. The molecule has 1 aliphatic heterocycles. The molecular weight excluding hydrogens is 296 g/mol. The molecule has 1 heterocycles. The van der Waals surface area contributed by atoms with Gasteiger partial charge in [-0.2, -0.15) is 0 Å². The quantitative estimate of drug-likeness (QED) is 0.896. The van der Waals surface area contributed by atoms with E-state index in [1.54, 1.807) is 0 Å². The van der Waals surface area contributed by atoms with Gasteiger partial charge < -0.3 is 5.32 Å². The molecule has 1 aliphatic rings. The number of piperidine rings is 1. The van der Waals surface area contributed by atoms with Crippen molar-refractivity contribution in [2.75, 3.05) is 13.1 Å². The largest absolute Gasteiger partial charge is 0.353 e. The normalized spacial score (nSPS) is 20.9. The molecule has 1 aromatic carbocycles. The summed E-state index contributed by atoms with van der Waals surface area (Å²) in [6.45, 7) is 9.03. The summed E-state index contributed by atoms with van der Waals surface area (Å²) in [5.41, 5.74) is 1.14. The van der Waals surface area contributed by atoms with Gasteiger partial charge in [-0.15, -0.1) is 0 Å². The van der Waals surface area contributed by atoms with Gasteiger partial charge in [-0.25, -0.2) is 0 Å². The van der Waals surface area contributed by atoms with Crippen LogP contribution in [0.1, 0.15) is 39.2 Å². The first kappa shape index (κ1) is 17.3. The van der Waals surface area contributed by atoms with Crippen LogP contribution in [0.15, 0.2) is 24.3 Å². The fourth-order valence-corrected chi connectivity index (χ4v) is 2.99. The van der Waals surface area contributed by atoms with E-state index in [-0.39, 0.29) is 17.9 Å². The Morgan fingerprint density at radius 2 is 2.09 bits per heavy atom. The third-order valence-corrected chi connectivity index (χ3v) is 4.97. The smallest absolute Gasteiger partial charge is 0.224 e. The molecule has 2 atom stereocenters. The molecule has 0 aromatic heterocycles. The molecule has 122 valence electrons. The average Bonchev–Trinajstić information content (AvgIpc) is 2.49. The highest BCUT2D eigenvalue weighted by molar-refractivity contribution is 6.31. The summed E-state index contributed by atoms with van der Waals surface area (Å²) >= 11 is 6.24. The standard InChI is InChI=1S/C18H27ClN2O/c1-13(2)14(3)20-18(22)16-8-6-10-21(12-16)11-15-7-4-5-9-17(15)19/h4-5,7,9,13-14,16H,6,8,10-12H2,1-3H3,(H,20,22)/t14-,16+/m0/s1. The van der Waals surface area contributed by atoms with Crippen LogP contribution >= 0.6 is 11.6 Å². The van der Waals surface area contributed by atoms with Gasteiger partial charge in [-0.1, -0.05) is 43.6 Å². The maximum absolute atomic E-state index is 12.4. The molecule has 0 radical (unpaired) electrons. The van der Waals surface area contributed by atoms with Crippen molar-refractivity contribution in [2.45, 2.75) is 46.2 Å². The summed E-state index contributed by atoms with van der Waals surface area (Å²) in [6, 6.07) is 8.18. The number of halogens is 1. The van der Waals surface area contributed by atoms with Gasteiger partial charge in [0.2, 0.25) is 5.91 Å². The van der Waals surface area contributed by atoms with E-state index >= 15 is 0 Å². The lowest BCUT2D eigenvalue weighted by Gasteiger charge is -2.33. The summed E-state index contributed by atoms with van der Waals surface area (Å²) in [7, 11) is 0. The Bertz CT molecular complexity index is 504. The van der Waals surface area contributed by atoms with Gasteiger partial charge in [0.05, 0.1) is 5.92 Å². The van der Waals surface area contributed by atoms with Gasteiger partial charge in [-0.05, 0) is 43.9 Å². The molecule has 1 aromatic rings. The van der Waals surface area contributed by atoms with Crippen LogP contribution in [-0.4, -0.2) is 29.9 Å². The topological polar surface area (TPSA) is 32.3 Å². The van der Waals surface area contributed by atoms with Crippen molar-refractivity contribution in [1.82, 2.24) is 10.2 Å². The molecule has 3 nitrogen and oxygen atoms in total. The van der Waals surface area contributed by atoms with Crippen LogP contribution in [0.4, 0.5) is 0 Å². The van der Waals surface area contributed by atoms with E-state index in [1.807, 2.05) is 18.2 Å². The second-order valence-corrected chi connectivity index (χ2v) is 7.11. The Morgan fingerprint density at radius 1 is 1.36 bits per heavy atom.